The van der Waals surface area contributed by atoms with Crippen molar-refractivity contribution in [3.63, 3.8) is 0 Å². The predicted octanol–water partition coefficient (Wildman–Crippen LogP) is 2.90. The van der Waals surface area contributed by atoms with E-state index in [2.05, 4.69) is 0 Å². The number of nitrogens with zero attached hydrogens (tertiary/aromatic N) is 2. The Morgan fingerprint density at radius 3 is 2.35 bits per heavy atom. The van der Waals surface area contributed by atoms with E-state index in [1.54, 1.807) is 17.0 Å². The molecule has 1 aromatic carbocycles. The molecule has 0 aromatic heterocycles. The zero-order valence-corrected chi connectivity index (χ0v) is 19.6. The highest BCUT2D eigenvalue weighted by Gasteiger charge is 2.62. The molecule has 3 fully saturated rings. The topological polar surface area (TPSA) is 85.4 Å². The van der Waals surface area contributed by atoms with Gasteiger partial charge >= 0.3 is 6.09 Å². The first-order chi connectivity index (χ1) is 14.6. The summed E-state index contributed by atoms with van der Waals surface area (Å²) in [5.41, 5.74) is -1.58. The number of ether oxygens (including phenoxy) is 3. The first-order valence-corrected chi connectivity index (χ1v) is 12.4. The van der Waals surface area contributed by atoms with Gasteiger partial charge in [0.25, 0.3) is 0 Å². The van der Waals surface area contributed by atoms with Crippen LogP contribution in [-0.2, 0) is 24.2 Å². The number of amides is 1. The SMILES string of the molecule is C[C@H]1N(S(=O)(=O)c2ccc(Cl)cc2)[C@@H](C2(OC(=O)N3CCOCC3)CC2)COC1(C)C. The number of hydrogen-bond donors (Lipinski definition) is 0. The molecule has 0 radical (unpaired) electrons. The van der Waals surface area contributed by atoms with Crippen molar-refractivity contribution < 1.29 is 27.4 Å². The van der Waals surface area contributed by atoms with E-state index < -0.39 is 39.4 Å². The van der Waals surface area contributed by atoms with Gasteiger partial charge in [-0.1, -0.05) is 11.6 Å². The summed E-state index contributed by atoms with van der Waals surface area (Å²) in [6, 6.07) is 5.05. The minimum Gasteiger partial charge on any atom is -0.441 e. The van der Waals surface area contributed by atoms with Gasteiger partial charge in [0.15, 0.2) is 0 Å². The van der Waals surface area contributed by atoms with E-state index in [4.69, 9.17) is 25.8 Å². The zero-order chi connectivity index (χ0) is 22.4. The Balaban J connectivity index is 1.65. The number of morpholine rings is 2. The molecule has 0 bridgehead atoms. The van der Waals surface area contributed by atoms with Gasteiger partial charge in [0.1, 0.15) is 5.60 Å². The van der Waals surface area contributed by atoms with Crippen molar-refractivity contribution in [3.8, 4) is 0 Å². The maximum absolute atomic E-state index is 13.7. The molecule has 1 amide bonds. The second kappa shape index (κ2) is 8.19. The van der Waals surface area contributed by atoms with Crippen LogP contribution in [0.4, 0.5) is 4.79 Å². The molecule has 2 aliphatic heterocycles. The quantitative estimate of drug-likeness (QED) is 0.669. The summed E-state index contributed by atoms with van der Waals surface area (Å²) in [6.45, 7) is 7.60. The van der Waals surface area contributed by atoms with Crippen LogP contribution in [0.5, 0.6) is 0 Å². The van der Waals surface area contributed by atoms with Gasteiger partial charge in [0.2, 0.25) is 10.0 Å². The van der Waals surface area contributed by atoms with E-state index in [1.165, 1.54) is 16.4 Å². The Hall–Kier alpha value is -1.39. The van der Waals surface area contributed by atoms with Crippen LogP contribution in [0.3, 0.4) is 0 Å². The van der Waals surface area contributed by atoms with Crippen molar-refractivity contribution in [1.29, 1.82) is 0 Å². The van der Waals surface area contributed by atoms with Crippen molar-refractivity contribution in [2.24, 2.45) is 0 Å². The molecule has 10 heteroatoms. The first kappa shape index (κ1) is 22.8. The second-order valence-corrected chi connectivity index (χ2v) is 11.2. The second-order valence-electron chi connectivity index (χ2n) is 8.93. The lowest BCUT2D eigenvalue weighted by atomic mass is 9.94. The molecular formula is C21H29ClN2O6S. The molecule has 31 heavy (non-hydrogen) atoms. The number of sulfonamides is 1. The molecule has 2 saturated heterocycles. The third-order valence-electron chi connectivity index (χ3n) is 6.61. The Labute approximate surface area is 188 Å². The molecule has 2 heterocycles. The van der Waals surface area contributed by atoms with E-state index in [0.717, 1.165) is 0 Å². The van der Waals surface area contributed by atoms with Crippen molar-refractivity contribution in [3.05, 3.63) is 29.3 Å². The third kappa shape index (κ3) is 4.30. The van der Waals surface area contributed by atoms with Crippen LogP contribution in [0, 0.1) is 0 Å². The summed E-state index contributed by atoms with van der Waals surface area (Å²) in [4.78, 5) is 14.6. The summed E-state index contributed by atoms with van der Waals surface area (Å²) < 4.78 is 46.3. The van der Waals surface area contributed by atoms with Gasteiger partial charge in [0, 0.05) is 18.1 Å². The van der Waals surface area contributed by atoms with Gasteiger partial charge in [0.05, 0.1) is 42.4 Å². The number of hydrogen-bond acceptors (Lipinski definition) is 6. The zero-order valence-electron chi connectivity index (χ0n) is 18.0. The highest BCUT2D eigenvalue weighted by molar-refractivity contribution is 7.89. The van der Waals surface area contributed by atoms with Crippen LogP contribution in [0.1, 0.15) is 33.6 Å². The van der Waals surface area contributed by atoms with E-state index in [9.17, 15) is 13.2 Å². The summed E-state index contributed by atoms with van der Waals surface area (Å²) in [5.74, 6) is 0. The lowest BCUT2D eigenvalue weighted by molar-refractivity contribution is -0.148. The van der Waals surface area contributed by atoms with E-state index in [1.807, 2.05) is 20.8 Å². The predicted molar refractivity (Wildman–Crippen MR) is 115 cm³/mol. The van der Waals surface area contributed by atoms with Crippen molar-refractivity contribution in [2.45, 2.75) is 61.8 Å². The van der Waals surface area contributed by atoms with Crippen LogP contribution < -0.4 is 0 Å². The van der Waals surface area contributed by atoms with Crippen LogP contribution in [0.2, 0.25) is 5.02 Å². The summed E-state index contributed by atoms with van der Waals surface area (Å²) in [7, 11) is -3.88. The Bertz CT molecular complexity index is 926. The Kier molecular flexibility index (Phi) is 6.02. The van der Waals surface area contributed by atoms with Crippen molar-refractivity contribution in [1.82, 2.24) is 9.21 Å². The van der Waals surface area contributed by atoms with Gasteiger partial charge in [-0.2, -0.15) is 4.31 Å². The molecule has 8 nitrogen and oxygen atoms in total. The average molecular weight is 473 g/mol. The minimum atomic E-state index is -3.88. The van der Waals surface area contributed by atoms with Gasteiger partial charge in [-0.3, -0.25) is 0 Å². The number of carbonyl (C=O) groups is 1. The third-order valence-corrected chi connectivity index (χ3v) is 8.85. The van der Waals surface area contributed by atoms with E-state index in [0.29, 0.717) is 44.2 Å². The smallest absolute Gasteiger partial charge is 0.410 e. The maximum Gasteiger partial charge on any atom is 0.410 e. The number of rotatable bonds is 4. The number of halogens is 1. The van der Waals surface area contributed by atoms with Gasteiger partial charge in [-0.05, 0) is 57.9 Å². The molecule has 3 aliphatic rings. The Morgan fingerprint density at radius 2 is 1.77 bits per heavy atom. The summed E-state index contributed by atoms with van der Waals surface area (Å²) >= 11 is 5.96. The summed E-state index contributed by atoms with van der Waals surface area (Å²) in [5, 5.41) is 0.462. The molecular weight excluding hydrogens is 444 g/mol. The monoisotopic (exact) mass is 472 g/mol. The van der Waals surface area contributed by atoms with Gasteiger partial charge in [-0.25, -0.2) is 13.2 Å². The lowest BCUT2D eigenvalue weighted by Crippen LogP contribution is -2.66. The van der Waals surface area contributed by atoms with Crippen molar-refractivity contribution in [2.75, 3.05) is 32.9 Å². The van der Waals surface area contributed by atoms with Gasteiger partial charge in [-0.15, -0.1) is 0 Å². The molecule has 1 aliphatic carbocycles. The first-order valence-electron chi connectivity index (χ1n) is 10.6. The molecule has 172 valence electrons. The largest absolute Gasteiger partial charge is 0.441 e. The average Bonchev–Trinajstić information content (AvgIpc) is 3.51. The number of benzene rings is 1. The molecule has 0 unspecified atom stereocenters. The minimum absolute atomic E-state index is 0.153. The molecule has 0 N–H and O–H groups in total. The van der Waals surface area contributed by atoms with Crippen LogP contribution >= 0.6 is 11.6 Å². The van der Waals surface area contributed by atoms with Crippen LogP contribution in [0.15, 0.2) is 29.2 Å². The van der Waals surface area contributed by atoms with Gasteiger partial charge < -0.3 is 19.1 Å². The summed E-state index contributed by atoms with van der Waals surface area (Å²) in [6.07, 6.45) is 0.760. The van der Waals surface area contributed by atoms with E-state index in [-0.39, 0.29) is 11.5 Å². The molecule has 0 spiro atoms. The van der Waals surface area contributed by atoms with E-state index >= 15 is 0 Å². The molecule has 1 aromatic rings. The standard InChI is InChI=1S/C21H29ClN2O6S/c1-15-20(2,3)29-14-18(24(15)31(26,27)17-6-4-16(22)5-7-17)21(8-9-21)30-19(25)23-10-12-28-13-11-23/h4-7,15,18H,8-14H2,1-3H3/t15-,18-/m1/s1. The molecule has 4 rings (SSSR count). The number of carbonyl (C=O) groups excluding carboxylic acids is 1. The fourth-order valence-electron chi connectivity index (χ4n) is 4.16. The fraction of sp³-hybridized carbons (Fsp3) is 0.667. The fourth-order valence-corrected chi connectivity index (χ4v) is 6.27. The highest BCUT2D eigenvalue weighted by atomic mass is 35.5. The Morgan fingerprint density at radius 1 is 1.16 bits per heavy atom. The molecule has 2 atom stereocenters. The van der Waals surface area contributed by atoms with Crippen molar-refractivity contribution >= 4 is 27.7 Å². The van der Waals surface area contributed by atoms with Crippen LogP contribution in [-0.4, -0.2) is 79.9 Å². The molecule has 1 saturated carbocycles. The normalized spacial score (nSPS) is 28.2. The lowest BCUT2D eigenvalue weighted by Gasteiger charge is -2.50. The van der Waals surface area contributed by atoms with Crippen LogP contribution in [0.25, 0.3) is 0 Å². The highest BCUT2D eigenvalue weighted by Crippen LogP contribution is 2.49. The maximum atomic E-state index is 13.7.